The number of rotatable bonds is 8. The molecule has 4 nitrogen and oxygen atoms in total. The third-order valence-electron chi connectivity index (χ3n) is 2.28. The molecule has 0 saturated heterocycles. The van der Waals surface area contributed by atoms with Crippen molar-refractivity contribution >= 4 is 5.97 Å². The van der Waals surface area contributed by atoms with Crippen molar-refractivity contribution < 1.29 is 23.8 Å². The summed E-state index contributed by atoms with van der Waals surface area (Å²) in [4.78, 5) is 10.9. The standard InChI is InChI=1S/C13H17FO4/c1-2-5-17-6-7-18-9-10-8-11(14)3-4-12(10)13(15)16/h3-4,8H,2,5-7,9H2,1H3,(H,15,16). The second kappa shape index (κ2) is 7.79. The first-order valence-electron chi connectivity index (χ1n) is 5.82. The summed E-state index contributed by atoms with van der Waals surface area (Å²) in [5.74, 6) is -1.56. The number of halogens is 1. The van der Waals surface area contributed by atoms with E-state index in [2.05, 4.69) is 0 Å². The van der Waals surface area contributed by atoms with Gasteiger partial charge in [0.15, 0.2) is 0 Å². The number of benzene rings is 1. The van der Waals surface area contributed by atoms with Crippen molar-refractivity contribution in [2.24, 2.45) is 0 Å². The highest BCUT2D eigenvalue weighted by molar-refractivity contribution is 5.89. The molecule has 100 valence electrons. The molecular weight excluding hydrogens is 239 g/mol. The second-order valence-electron chi connectivity index (χ2n) is 3.77. The number of hydrogen-bond acceptors (Lipinski definition) is 3. The molecule has 0 aliphatic rings. The highest BCUT2D eigenvalue weighted by Crippen LogP contribution is 2.12. The van der Waals surface area contributed by atoms with Crippen molar-refractivity contribution in [2.45, 2.75) is 20.0 Å². The fourth-order valence-electron chi connectivity index (χ4n) is 1.44. The summed E-state index contributed by atoms with van der Waals surface area (Å²) >= 11 is 0. The van der Waals surface area contributed by atoms with Gasteiger partial charge in [0, 0.05) is 6.61 Å². The zero-order chi connectivity index (χ0) is 13.4. The van der Waals surface area contributed by atoms with E-state index in [1.807, 2.05) is 6.92 Å². The van der Waals surface area contributed by atoms with E-state index in [0.717, 1.165) is 12.5 Å². The molecule has 5 heteroatoms. The molecule has 0 radical (unpaired) electrons. The molecule has 18 heavy (non-hydrogen) atoms. The number of hydrogen-bond donors (Lipinski definition) is 1. The van der Waals surface area contributed by atoms with Gasteiger partial charge >= 0.3 is 5.97 Å². The van der Waals surface area contributed by atoms with Gasteiger partial charge in [0.25, 0.3) is 0 Å². The lowest BCUT2D eigenvalue weighted by molar-refractivity contribution is 0.0400. The Morgan fingerprint density at radius 3 is 2.67 bits per heavy atom. The predicted octanol–water partition coefficient (Wildman–Crippen LogP) is 2.47. The van der Waals surface area contributed by atoms with Gasteiger partial charge in [-0.3, -0.25) is 0 Å². The lowest BCUT2D eigenvalue weighted by Crippen LogP contribution is -2.08. The highest BCUT2D eigenvalue weighted by Gasteiger charge is 2.10. The summed E-state index contributed by atoms with van der Waals surface area (Å²) in [6.45, 7) is 3.55. The van der Waals surface area contributed by atoms with Crippen molar-refractivity contribution in [2.75, 3.05) is 19.8 Å². The first-order chi connectivity index (χ1) is 8.65. The Hall–Kier alpha value is -1.46. The van der Waals surface area contributed by atoms with Gasteiger partial charge < -0.3 is 14.6 Å². The molecule has 0 unspecified atom stereocenters. The molecule has 0 fully saturated rings. The van der Waals surface area contributed by atoms with Crippen LogP contribution in [0.1, 0.15) is 29.3 Å². The van der Waals surface area contributed by atoms with E-state index in [4.69, 9.17) is 14.6 Å². The summed E-state index contributed by atoms with van der Waals surface area (Å²) in [5.41, 5.74) is 0.392. The van der Waals surface area contributed by atoms with Crippen LogP contribution in [0.5, 0.6) is 0 Å². The average Bonchev–Trinajstić information content (AvgIpc) is 2.33. The number of aromatic carboxylic acids is 1. The molecule has 0 aliphatic carbocycles. The SMILES string of the molecule is CCCOCCOCc1cc(F)ccc1C(=O)O. The number of carboxylic acid groups (broad SMARTS) is 1. The fourth-order valence-corrected chi connectivity index (χ4v) is 1.44. The second-order valence-corrected chi connectivity index (χ2v) is 3.77. The lowest BCUT2D eigenvalue weighted by atomic mass is 10.1. The van der Waals surface area contributed by atoms with Gasteiger partial charge in [0.2, 0.25) is 0 Å². The maximum Gasteiger partial charge on any atom is 0.336 e. The van der Waals surface area contributed by atoms with Gasteiger partial charge in [-0.05, 0) is 30.2 Å². The van der Waals surface area contributed by atoms with E-state index in [1.54, 1.807) is 0 Å². The monoisotopic (exact) mass is 256 g/mol. The molecule has 0 spiro atoms. The topological polar surface area (TPSA) is 55.8 Å². The van der Waals surface area contributed by atoms with Gasteiger partial charge in [-0.1, -0.05) is 6.92 Å². The smallest absolute Gasteiger partial charge is 0.336 e. The summed E-state index contributed by atoms with van der Waals surface area (Å²) in [6, 6.07) is 3.54. The Morgan fingerprint density at radius 2 is 2.00 bits per heavy atom. The molecule has 0 amide bonds. The minimum atomic E-state index is -1.09. The minimum absolute atomic E-state index is 0.0610. The number of carbonyl (C=O) groups is 1. The van der Waals surface area contributed by atoms with Crippen LogP contribution in [0.4, 0.5) is 4.39 Å². The molecule has 0 bridgehead atoms. The van der Waals surface area contributed by atoms with Gasteiger partial charge in [-0.2, -0.15) is 0 Å². The van der Waals surface area contributed by atoms with Gasteiger partial charge in [0.1, 0.15) is 5.82 Å². The van der Waals surface area contributed by atoms with Crippen LogP contribution in [0, 0.1) is 5.82 Å². The van der Waals surface area contributed by atoms with Crippen molar-refractivity contribution in [1.82, 2.24) is 0 Å². The van der Waals surface area contributed by atoms with Crippen LogP contribution in [0.3, 0.4) is 0 Å². The van der Waals surface area contributed by atoms with Crippen LogP contribution >= 0.6 is 0 Å². The Morgan fingerprint density at radius 1 is 1.28 bits per heavy atom. The molecule has 1 aromatic rings. The summed E-state index contributed by atoms with van der Waals surface area (Å²) in [7, 11) is 0. The maximum absolute atomic E-state index is 13.0. The van der Waals surface area contributed by atoms with Gasteiger partial charge in [-0.15, -0.1) is 0 Å². The van der Waals surface area contributed by atoms with E-state index >= 15 is 0 Å². The van der Waals surface area contributed by atoms with Gasteiger partial charge in [-0.25, -0.2) is 9.18 Å². The lowest BCUT2D eigenvalue weighted by Gasteiger charge is -2.08. The number of ether oxygens (including phenoxy) is 2. The Bertz CT molecular complexity index is 393. The molecule has 0 atom stereocenters. The first kappa shape index (κ1) is 14.6. The normalized spacial score (nSPS) is 10.6. The van der Waals surface area contributed by atoms with Crippen LogP contribution in [0.2, 0.25) is 0 Å². The molecule has 0 saturated carbocycles. The van der Waals surface area contributed by atoms with Crippen molar-refractivity contribution in [3.8, 4) is 0 Å². The molecule has 1 N–H and O–H groups in total. The van der Waals surface area contributed by atoms with Crippen molar-refractivity contribution in [3.63, 3.8) is 0 Å². The Labute approximate surface area is 105 Å². The summed E-state index contributed by atoms with van der Waals surface area (Å²) in [5, 5.41) is 8.93. The van der Waals surface area contributed by atoms with E-state index < -0.39 is 11.8 Å². The zero-order valence-electron chi connectivity index (χ0n) is 10.3. The molecule has 1 aromatic carbocycles. The molecule has 1 rings (SSSR count). The van der Waals surface area contributed by atoms with E-state index in [0.29, 0.717) is 25.4 Å². The maximum atomic E-state index is 13.0. The van der Waals surface area contributed by atoms with E-state index in [-0.39, 0.29) is 12.2 Å². The zero-order valence-corrected chi connectivity index (χ0v) is 10.3. The molecule has 0 aliphatic heterocycles. The van der Waals surface area contributed by atoms with Crippen molar-refractivity contribution in [1.29, 1.82) is 0 Å². The summed E-state index contributed by atoms with van der Waals surface area (Å²) in [6.07, 6.45) is 0.938. The molecular formula is C13H17FO4. The Balaban J connectivity index is 2.45. The largest absolute Gasteiger partial charge is 0.478 e. The van der Waals surface area contributed by atoms with Crippen LogP contribution < -0.4 is 0 Å². The average molecular weight is 256 g/mol. The van der Waals surface area contributed by atoms with Crippen molar-refractivity contribution in [3.05, 3.63) is 35.1 Å². The predicted molar refractivity (Wildman–Crippen MR) is 64.1 cm³/mol. The summed E-state index contributed by atoms with van der Waals surface area (Å²) < 4.78 is 23.5. The molecule has 0 heterocycles. The first-order valence-corrected chi connectivity index (χ1v) is 5.82. The fraction of sp³-hybridized carbons (Fsp3) is 0.462. The van der Waals surface area contributed by atoms with Gasteiger partial charge in [0.05, 0.1) is 25.4 Å². The van der Waals surface area contributed by atoms with E-state index in [1.165, 1.54) is 12.1 Å². The number of carboxylic acids is 1. The van der Waals surface area contributed by atoms with E-state index in [9.17, 15) is 9.18 Å². The van der Waals surface area contributed by atoms with Crippen LogP contribution in [0.25, 0.3) is 0 Å². The third kappa shape index (κ3) is 4.81. The van der Waals surface area contributed by atoms with Crippen LogP contribution in [-0.2, 0) is 16.1 Å². The highest BCUT2D eigenvalue weighted by atomic mass is 19.1. The minimum Gasteiger partial charge on any atom is -0.478 e. The third-order valence-corrected chi connectivity index (χ3v) is 2.28. The quantitative estimate of drug-likeness (QED) is 0.726. The Kier molecular flexibility index (Phi) is 6.32. The van der Waals surface area contributed by atoms with Crippen LogP contribution in [-0.4, -0.2) is 30.9 Å². The van der Waals surface area contributed by atoms with Crippen LogP contribution in [0.15, 0.2) is 18.2 Å². The molecule has 0 aromatic heterocycles.